The minimum Gasteiger partial charge on any atom is -0.374 e. The number of rotatable bonds is 3. The van der Waals surface area contributed by atoms with Crippen molar-refractivity contribution < 1.29 is 4.74 Å². The maximum atomic E-state index is 5.66. The van der Waals surface area contributed by atoms with Gasteiger partial charge in [0.1, 0.15) is 0 Å². The Morgan fingerprint density at radius 1 is 1.41 bits per heavy atom. The third-order valence-electron chi connectivity index (χ3n) is 3.60. The van der Waals surface area contributed by atoms with Crippen LogP contribution in [0.25, 0.3) is 0 Å². The average Bonchev–Trinajstić information content (AvgIpc) is 2.35. The summed E-state index contributed by atoms with van der Waals surface area (Å²) in [5, 5.41) is 0. The van der Waals surface area contributed by atoms with E-state index in [2.05, 4.69) is 36.9 Å². The van der Waals surface area contributed by atoms with Crippen molar-refractivity contribution in [2.24, 2.45) is 5.73 Å². The fraction of sp³-hybridized carbons (Fsp3) is 0.571. The van der Waals surface area contributed by atoms with Gasteiger partial charge in [-0.25, -0.2) is 0 Å². The van der Waals surface area contributed by atoms with Gasteiger partial charge in [0.2, 0.25) is 0 Å². The van der Waals surface area contributed by atoms with Crippen LogP contribution >= 0.6 is 0 Å². The molecule has 0 spiro atoms. The third-order valence-corrected chi connectivity index (χ3v) is 3.60. The van der Waals surface area contributed by atoms with E-state index in [1.807, 2.05) is 0 Å². The lowest BCUT2D eigenvalue weighted by atomic mass is 10.0. The van der Waals surface area contributed by atoms with E-state index in [4.69, 9.17) is 10.5 Å². The maximum Gasteiger partial charge on any atom is 0.0824 e. The zero-order chi connectivity index (χ0) is 12.3. The van der Waals surface area contributed by atoms with Crippen molar-refractivity contribution in [3.8, 4) is 0 Å². The maximum absolute atomic E-state index is 5.66. The van der Waals surface area contributed by atoms with Gasteiger partial charge in [-0.3, -0.25) is 4.90 Å². The lowest BCUT2D eigenvalue weighted by molar-refractivity contribution is -0.0261. The molecule has 2 N–H and O–H groups in total. The molecule has 2 rings (SSSR count). The smallest absolute Gasteiger partial charge is 0.0824 e. The van der Waals surface area contributed by atoms with E-state index < -0.39 is 0 Å². The topological polar surface area (TPSA) is 38.5 Å². The Balaban J connectivity index is 2.02. The normalized spacial score (nSPS) is 21.7. The molecule has 0 bridgehead atoms. The SMILES string of the molecule is Cc1cccc(CN2CCOC(CN)C2)c1C. The van der Waals surface area contributed by atoms with E-state index in [1.165, 1.54) is 16.7 Å². The summed E-state index contributed by atoms with van der Waals surface area (Å²) in [6.45, 7) is 8.74. The molecule has 0 aromatic heterocycles. The van der Waals surface area contributed by atoms with Crippen molar-refractivity contribution in [1.82, 2.24) is 4.90 Å². The van der Waals surface area contributed by atoms with Gasteiger partial charge >= 0.3 is 0 Å². The van der Waals surface area contributed by atoms with Crippen LogP contribution in [0.2, 0.25) is 0 Å². The number of nitrogens with two attached hydrogens (primary N) is 1. The summed E-state index contributed by atoms with van der Waals surface area (Å²) in [7, 11) is 0. The fourth-order valence-corrected chi connectivity index (χ4v) is 2.29. The van der Waals surface area contributed by atoms with Crippen LogP contribution in [0.4, 0.5) is 0 Å². The lowest BCUT2D eigenvalue weighted by Crippen LogP contribution is -2.45. The first-order valence-electron chi connectivity index (χ1n) is 6.30. The Kier molecular flexibility index (Phi) is 4.15. The molecule has 1 aliphatic rings. The third kappa shape index (κ3) is 3.06. The number of hydrogen-bond donors (Lipinski definition) is 1. The average molecular weight is 234 g/mol. The van der Waals surface area contributed by atoms with Crippen LogP contribution in [-0.2, 0) is 11.3 Å². The second kappa shape index (κ2) is 5.63. The number of aryl methyl sites for hydroxylation is 1. The first-order valence-corrected chi connectivity index (χ1v) is 6.30. The van der Waals surface area contributed by atoms with E-state index >= 15 is 0 Å². The first-order chi connectivity index (χ1) is 8.20. The Labute approximate surface area is 104 Å². The zero-order valence-corrected chi connectivity index (χ0v) is 10.8. The van der Waals surface area contributed by atoms with Gasteiger partial charge in [-0.1, -0.05) is 18.2 Å². The lowest BCUT2D eigenvalue weighted by Gasteiger charge is -2.32. The van der Waals surface area contributed by atoms with E-state index in [0.29, 0.717) is 6.54 Å². The number of benzene rings is 1. The van der Waals surface area contributed by atoms with Crippen molar-refractivity contribution in [3.63, 3.8) is 0 Å². The van der Waals surface area contributed by atoms with Gasteiger partial charge in [-0.2, -0.15) is 0 Å². The van der Waals surface area contributed by atoms with Crippen LogP contribution in [0.3, 0.4) is 0 Å². The molecule has 1 aliphatic heterocycles. The molecule has 1 unspecified atom stereocenters. The van der Waals surface area contributed by atoms with E-state index in [1.54, 1.807) is 0 Å². The highest BCUT2D eigenvalue weighted by Gasteiger charge is 2.19. The molecule has 1 saturated heterocycles. The molecule has 0 aliphatic carbocycles. The van der Waals surface area contributed by atoms with Crippen molar-refractivity contribution >= 4 is 0 Å². The van der Waals surface area contributed by atoms with Gasteiger partial charge in [0, 0.05) is 26.2 Å². The number of hydrogen-bond acceptors (Lipinski definition) is 3. The Morgan fingerprint density at radius 3 is 3.00 bits per heavy atom. The summed E-state index contributed by atoms with van der Waals surface area (Å²) in [6, 6.07) is 6.52. The van der Waals surface area contributed by atoms with Gasteiger partial charge < -0.3 is 10.5 Å². The van der Waals surface area contributed by atoms with Crippen LogP contribution in [0, 0.1) is 13.8 Å². The molecule has 94 valence electrons. The van der Waals surface area contributed by atoms with Crippen LogP contribution in [0.5, 0.6) is 0 Å². The van der Waals surface area contributed by atoms with E-state index in [9.17, 15) is 0 Å². The molecule has 0 radical (unpaired) electrons. The number of morpholine rings is 1. The molecular weight excluding hydrogens is 212 g/mol. The summed E-state index contributed by atoms with van der Waals surface area (Å²) in [5.74, 6) is 0. The monoisotopic (exact) mass is 234 g/mol. The van der Waals surface area contributed by atoms with Crippen LogP contribution in [-0.4, -0.2) is 37.2 Å². The molecule has 1 fully saturated rings. The largest absolute Gasteiger partial charge is 0.374 e. The van der Waals surface area contributed by atoms with Gasteiger partial charge in [-0.15, -0.1) is 0 Å². The second-order valence-corrected chi connectivity index (χ2v) is 4.82. The van der Waals surface area contributed by atoms with Gasteiger partial charge in [0.15, 0.2) is 0 Å². The summed E-state index contributed by atoms with van der Waals surface area (Å²) < 4.78 is 5.58. The van der Waals surface area contributed by atoms with Crippen molar-refractivity contribution in [3.05, 3.63) is 34.9 Å². The number of nitrogens with zero attached hydrogens (tertiary/aromatic N) is 1. The first kappa shape index (κ1) is 12.6. The van der Waals surface area contributed by atoms with E-state index in [-0.39, 0.29) is 6.10 Å². The Hall–Kier alpha value is -0.900. The molecule has 1 atom stereocenters. The van der Waals surface area contributed by atoms with Crippen molar-refractivity contribution in [2.75, 3.05) is 26.2 Å². The predicted octanol–water partition coefficient (Wildman–Crippen LogP) is 1.46. The Morgan fingerprint density at radius 2 is 2.24 bits per heavy atom. The summed E-state index contributed by atoms with van der Waals surface area (Å²) in [4.78, 5) is 2.43. The zero-order valence-electron chi connectivity index (χ0n) is 10.8. The summed E-state index contributed by atoms with van der Waals surface area (Å²) in [6.07, 6.45) is 0.203. The number of ether oxygens (including phenoxy) is 1. The highest BCUT2D eigenvalue weighted by molar-refractivity contribution is 5.33. The second-order valence-electron chi connectivity index (χ2n) is 4.82. The van der Waals surface area contributed by atoms with Crippen molar-refractivity contribution in [2.45, 2.75) is 26.5 Å². The van der Waals surface area contributed by atoms with Gasteiger partial charge in [-0.05, 0) is 30.5 Å². The molecule has 17 heavy (non-hydrogen) atoms. The molecular formula is C14H22N2O. The summed E-state index contributed by atoms with van der Waals surface area (Å²) in [5.41, 5.74) is 9.85. The van der Waals surface area contributed by atoms with E-state index in [0.717, 1.165) is 26.2 Å². The molecule has 0 amide bonds. The highest BCUT2D eigenvalue weighted by atomic mass is 16.5. The van der Waals surface area contributed by atoms with Gasteiger partial charge in [0.05, 0.1) is 12.7 Å². The van der Waals surface area contributed by atoms with Gasteiger partial charge in [0.25, 0.3) is 0 Å². The Bertz CT molecular complexity index is 378. The molecule has 1 aromatic rings. The van der Waals surface area contributed by atoms with Crippen molar-refractivity contribution in [1.29, 1.82) is 0 Å². The molecule has 1 aromatic carbocycles. The standard InChI is InChI=1S/C14H22N2O/c1-11-4-3-5-13(12(11)2)9-16-6-7-17-14(8-15)10-16/h3-5,14H,6-10,15H2,1-2H3. The molecule has 3 heteroatoms. The highest BCUT2D eigenvalue weighted by Crippen LogP contribution is 2.16. The fourth-order valence-electron chi connectivity index (χ4n) is 2.29. The molecule has 0 saturated carbocycles. The molecule has 1 heterocycles. The van der Waals surface area contributed by atoms with Crippen LogP contribution in [0.15, 0.2) is 18.2 Å². The quantitative estimate of drug-likeness (QED) is 0.860. The minimum absolute atomic E-state index is 0.203. The van der Waals surface area contributed by atoms with Crippen LogP contribution < -0.4 is 5.73 Å². The summed E-state index contributed by atoms with van der Waals surface area (Å²) >= 11 is 0. The molecule has 3 nitrogen and oxygen atoms in total. The minimum atomic E-state index is 0.203. The van der Waals surface area contributed by atoms with Crippen LogP contribution in [0.1, 0.15) is 16.7 Å². The predicted molar refractivity (Wildman–Crippen MR) is 70.0 cm³/mol.